The van der Waals surface area contributed by atoms with Crippen molar-refractivity contribution in [2.75, 3.05) is 22.9 Å². The zero-order valence-corrected chi connectivity index (χ0v) is 23.7. The summed E-state index contributed by atoms with van der Waals surface area (Å²) in [5.41, 5.74) is 2.38. The summed E-state index contributed by atoms with van der Waals surface area (Å²) in [6, 6.07) is 23.8. The van der Waals surface area contributed by atoms with Gasteiger partial charge < -0.3 is 10.6 Å². The Morgan fingerprint density at radius 3 is 2.30 bits per heavy atom. The Morgan fingerprint density at radius 1 is 0.946 bits per heavy atom. The van der Waals surface area contributed by atoms with E-state index in [4.69, 9.17) is 0 Å². The van der Waals surface area contributed by atoms with Crippen molar-refractivity contribution in [1.29, 1.82) is 0 Å². The number of nitrogens with one attached hydrogen (secondary N) is 3. The molecule has 1 heterocycles. The standard InChI is InChI=1S/C25H25IN6O3S2/c1-2-28-37(34,35)22-14-12-20(13-15-22)29-24(33)17-36-25-31-30-23(32(25)21-6-4-3-5-7-21)16-27-19-10-8-18(26)9-11-19/h3-15,27-28H,2,16-17H2,1H3,(H,29,33). The van der Waals surface area contributed by atoms with Crippen LogP contribution in [0.3, 0.4) is 0 Å². The fourth-order valence-electron chi connectivity index (χ4n) is 3.41. The SMILES string of the molecule is CCNS(=O)(=O)c1ccc(NC(=O)CSc2nnc(CNc3ccc(I)cc3)n2-c2ccccc2)cc1. The highest BCUT2D eigenvalue weighted by Crippen LogP contribution is 2.23. The second kappa shape index (κ2) is 12.5. The Bertz CT molecular complexity index is 1440. The monoisotopic (exact) mass is 648 g/mol. The molecule has 9 nitrogen and oxygen atoms in total. The molecule has 3 aromatic carbocycles. The molecule has 1 aromatic heterocycles. The molecular weight excluding hydrogens is 623 g/mol. The number of rotatable bonds is 11. The van der Waals surface area contributed by atoms with E-state index in [1.54, 1.807) is 19.1 Å². The topological polar surface area (TPSA) is 118 Å². The number of amides is 1. The number of aromatic nitrogens is 3. The average Bonchev–Trinajstić information content (AvgIpc) is 3.31. The molecule has 37 heavy (non-hydrogen) atoms. The van der Waals surface area contributed by atoms with Crippen molar-refractivity contribution in [3.05, 3.63) is 88.3 Å². The zero-order valence-electron chi connectivity index (χ0n) is 19.9. The van der Waals surface area contributed by atoms with Crippen molar-refractivity contribution in [3.63, 3.8) is 0 Å². The van der Waals surface area contributed by atoms with E-state index >= 15 is 0 Å². The molecule has 0 aliphatic carbocycles. The molecule has 0 fully saturated rings. The van der Waals surface area contributed by atoms with Crippen LogP contribution in [0.25, 0.3) is 5.69 Å². The summed E-state index contributed by atoms with van der Waals surface area (Å²) in [5.74, 6) is 0.575. The largest absolute Gasteiger partial charge is 0.378 e. The van der Waals surface area contributed by atoms with Crippen LogP contribution in [0.2, 0.25) is 0 Å². The van der Waals surface area contributed by atoms with Crippen LogP contribution in [-0.2, 0) is 21.4 Å². The maximum absolute atomic E-state index is 12.6. The van der Waals surface area contributed by atoms with Crippen LogP contribution in [0.1, 0.15) is 12.7 Å². The van der Waals surface area contributed by atoms with Gasteiger partial charge in [-0.25, -0.2) is 13.1 Å². The average molecular weight is 649 g/mol. The molecule has 0 aliphatic rings. The molecule has 0 bridgehead atoms. The molecule has 4 aromatic rings. The highest BCUT2D eigenvalue weighted by Gasteiger charge is 2.17. The number of carbonyl (C=O) groups is 1. The van der Waals surface area contributed by atoms with Crippen molar-refractivity contribution < 1.29 is 13.2 Å². The fourth-order valence-corrected chi connectivity index (χ4v) is 5.58. The molecule has 0 spiro atoms. The Kier molecular flexibility index (Phi) is 9.18. The van der Waals surface area contributed by atoms with Crippen molar-refractivity contribution in [1.82, 2.24) is 19.5 Å². The van der Waals surface area contributed by atoms with Crippen LogP contribution in [0, 0.1) is 3.57 Å². The van der Waals surface area contributed by atoms with Gasteiger partial charge in [0.1, 0.15) is 0 Å². The lowest BCUT2D eigenvalue weighted by atomic mass is 10.3. The number of benzene rings is 3. The number of carbonyl (C=O) groups excluding carboxylic acids is 1. The summed E-state index contributed by atoms with van der Waals surface area (Å²) in [6.07, 6.45) is 0. The van der Waals surface area contributed by atoms with E-state index < -0.39 is 10.0 Å². The van der Waals surface area contributed by atoms with Crippen LogP contribution < -0.4 is 15.4 Å². The minimum atomic E-state index is -3.55. The molecule has 4 rings (SSSR count). The lowest BCUT2D eigenvalue weighted by molar-refractivity contribution is -0.113. The van der Waals surface area contributed by atoms with Crippen LogP contribution in [0.5, 0.6) is 0 Å². The second-order valence-corrected chi connectivity index (χ2v) is 11.7. The van der Waals surface area contributed by atoms with Crippen molar-refractivity contribution in [2.45, 2.75) is 23.5 Å². The van der Waals surface area contributed by atoms with Gasteiger partial charge in [0.2, 0.25) is 15.9 Å². The van der Waals surface area contributed by atoms with Gasteiger partial charge in [-0.05, 0) is 83.3 Å². The molecule has 0 saturated carbocycles. The first-order valence-electron chi connectivity index (χ1n) is 11.4. The van der Waals surface area contributed by atoms with Crippen LogP contribution >= 0.6 is 34.4 Å². The number of hydrogen-bond acceptors (Lipinski definition) is 7. The molecule has 1 amide bonds. The maximum atomic E-state index is 12.6. The summed E-state index contributed by atoms with van der Waals surface area (Å²) in [5, 5.41) is 15.5. The first kappa shape index (κ1) is 27.1. The van der Waals surface area contributed by atoms with Gasteiger partial charge in [-0.15, -0.1) is 10.2 Å². The molecular formula is C25H25IN6O3S2. The number of hydrogen-bond donors (Lipinski definition) is 3. The molecule has 192 valence electrons. The molecule has 0 saturated heterocycles. The fraction of sp³-hybridized carbons (Fsp3) is 0.160. The van der Waals surface area contributed by atoms with E-state index in [-0.39, 0.29) is 16.6 Å². The van der Waals surface area contributed by atoms with Gasteiger partial charge in [-0.1, -0.05) is 36.9 Å². The quantitative estimate of drug-likeness (QED) is 0.162. The Morgan fingerprint density at radius 2 is 1.62 bits per heavy atom. The third-order valence-corrected chi connectivity index (χ3v) is 8.33. The van der Waals surface area contributed by atoms with Crippen molar-refractivity contribution >= 4 is 61.7 Å². The Labute approximate surface area is 233 Å². The second-order valence-electron chi connectivity index (χ2n) is 7.79. The summed E-state index contributed by atoms with van der Waals surface area (Å²) in [6.45, 7) is 2.47. The summed E-state index contributed by atoms with van der Waals surface area (Å²) < 4.78 is 29.7. The molecule has 0 aliphatic heterocycles. The first-order valence-corrected chi connectivity index (χ1v) is 14.9. The van der Waals surface area contributed by atoms with Gasteiger partial charge in [0.25, 0.3) is 0 Å². The normalized spacial score (nSPS) is 11.3. The zero-order chi connectivity index (χ0) is 26.3. The summed E-state index contributed by atoms with van der Waals surface area (Å²) >= 11 is 3.54. The Hall–Kier alpha value is -2.94. The number of halogens is 1. The smallest absolute Gasteiger partial charge is 0.240 e. The van der Waals surface area contributed by atoms with Crippen LogP contribution in [-0.4, -0.2) is 41.4 Å². The predicted molar refractivity (Wildman–Crippen MR) is 155 cm³/mol. The lowest BCUT2D eigenvalue weighted by Gasteiger charge is -2.12. The van der Waals surface area contributed by atoms with Gasteiger partial charge in [0.05, 0.1) is 17.2 Å². The predicted octanol–water partition coefficient (Wildman–Crippen LogP) is 4.51. The van der Waals surface area contributed by atoms with Crippen LogP contribution in [0.4, 0.5) is 11.4 Å². The number of thioether (sulfide) groups is 1. The van der Waals surface area contributed by atoms with E-state index in [0.717, 1.165) is 14.9 Å². The van der Waals surface area contributed by atoms with Gasteiger partial charge in [-0.2, -0.15) is 0 Å². The van der Waals surface area contributed by atoms with E-state index in [1.165, 1.54) is 23.9 Å². The molecule has 0 unspecified atom stereocenters. The Balaban J connectivity index is 1.43. The van der Waals surface area contributed by atoms with Gasteiger partial charge >= 0.3 is 0 Å². The number of anilines is 2. The third kappa shape index (κ3) is 7.31. The molecule has 3 N–H and O–H groups in total. The highest BCUT2D eigenvalue weighted by atomic mass is 127. The van der Waals surface area contributed by atoms with Crippen molar-refractivity contribution in [2.24, 2.45) is 0 Å². The minimum absolute atomic E-state index is 0.104. The van der Waals surface area contributed by atoms with E-state index in [2.05, 4.69) is 48.1 Å². The van der Waals surface area contributed by atoms with E-state index in [1.807, 2.05) is 59.2 Å². The maximum Gasteiger partial charge on any atom is 0.240 e. The van der Waals surface area contributed by atoms with Gasteiger partial charge in [0, 0.05) is 27.2 Å². The third-order valence-electron chi connectivity index (χ3n) is 5.12. The van der Waals surface area contributed by atoms with E-state index in [0.29, 0.717) is 29.8 Å². The molecule has 0 atom stereocenters. The summed E-state index contributed by atoms with van der Waals surface area (Å²) in [7, 11) is -3.55. The first-order chi connectivity index (χ1) is 17.9. The number of sulfonamides is 1. The van der Waals surface area contributed by atoms with E-state index in [9.17, 15) is 13.2 Å². The lowest BCUT2D eigenvalue weighted by Crippen LogP contribution is -2.23. The molecule has 0 radical (unpaired) electrons. The minimum Gasteiger partial charge on any atom is -0.378 e. The highest BCUT2D eigenvalue weighted by molar-refractivity contribution is 14.1. The van der Waals surface area contributed by atoms with Gasteiger partial charge in [0.15, 0.2) is 11.0 Å². The summed E-state index contributed by atoms with van der Waals surface area (Å²) in [4.78, 5) is 12.8. The van der Waals surface area contributed by atoms with Gasteiger partial charge in [-0.3, -0.25) is 9.36 Å². The van der Waals surface area contributed by atoms with Crippen LogP contribution in [0.15, 0.2) is 88.9 Å². The number of nitrogens with zero attached hydrogens (tertiary/aromatic N) is 3. The number of para-hydroxylation sites is 1. The molecule has 12 heteroatoms. The van der Waals surface area contributed by atoms with Crippen molar-refractivity contribution in [3.8, 4) is 5.69 Å².